The number of rotatable bonds is 5. The summed E-state index contributed by atoms with van der Waals surface area (Å²) in [5.74, 6) is -1.90. The van der Waals surface area contributed by atoms with Crippen LogP contribution in [0, 0.1) is 11.6 Å². The zero-order valence-corrected chi connectivity index (χ0v) is 11.0. The molecule has 2 aromatic carbocycles. The van der Waals surface area contributed by atoms with E-state index in [0.717, 1.165) is 24.0 Å². The Morgan fingerprint density at radius 2 is 1.71 bits per heavy atom. The number of halogens is 2. The fraction of sp³-hybridized carbons (Fsp3) is 0.0667. The van der Waals surface area contributed by atoms with Crippen LogP contribution in [0.4, 0.5) is 14.5 Å². The number of carbonyl (C=O) groups is 1. The molecule has 2 N–H and O–H groups in total. The monoisotopic (exact) mass is 289 g/mol. The lowest BCUT2D eigenvalue weighted by atomic mass is 10.2. The van der Waals surface area contributed by atoms with Gasteiger partial charge >= 0.3 is 0 Å². The molecule has 21 heavy (non-hydrogen) atoms. The molecule has 2 aromatic rings. The maximum Gasteiger partial charge on any atom is 0.259 e. The maximum absolute atomic E-state index is 13.3. The molecule has 0 aliphatic heterocycles. The second kappa shape index (κ2) is 7.14. The van der Waals surface area contributed by atoms with Crippen molar-refractivity contribution in [3.63, 3.8) is 0 Å². The Kier molecular flexibility index (Phi) is 4.98. The lowest BCUT2D eigenvalue weighted by Crippen LogP contribution is -2.25. The molecule has 6 heteroatoms. The van der Waals surface area contributed by atoms with Crippen LogP contribution < -0.4 is 10.7 Å². The summed E-state index contributed by atoms with van der Waals surface area (Å²) in [4.78, 5) is 11.5. The van der Waals surface area contributed by atoms with Gasteiger partial charge in [-0.25, -0.2) is 14.2 Å². The Balaban J connectivity index is 1.85. The number of carbonyl (C=O) groups excluding carboxylic acids is 1. The summed E-state index contributed by atoms with van der Waals surface area (Å²) >= 11 is 0. The third-order valence-electron chi connectivity index (χ3n) is 2.61. The average molecular weight is 289 g/mol. The summed E-state index contributed by atoms with van der Waals surface area (Å²) in [6, 6.07) is 12.6. The quantitative estimate of drug-likeness (QED) is 0.656. The first-order valence-corrected chi connectivity index (χ1v) is 6.21. The van der Waals surface area contributed by atoms with Crippen LogP contribution in [0.15, 0.2) is 53.6 Å². The molecule has 0 spiro atoms. The number of amides is 1. The molecular weight excluding hydrogens is 276 g/mol. The van der Waals surface area contributed by atoms with Crippen LogP contribution in [0.25, 0.3) is 0 Å². The zero-order chi connectivity index (χ0) is 15.1. The second-order valence-corrected chi connectivity index (χ2v) is 4.15. The van der Waals surface area contributed by atoms with Crippen molar-refractivity contribution in [2.24, 2.45) is 5.10 Å². The highest BCUT2D eigenvalue weighted by Crippen LogP contribution is 2.08. The summed E-state index contributed by atoms with van der Waals surface area (Å²) in [6.07, 6.45) is 0.936. The number of para-hydroxylation sites is 1. The van der Waals surface area contributed by atoms with Crippen molar-refractivity contribution in [1.29, 1.82) is 0 Å². The molecule has 4 nitrogen and oxygen atoms in total. The molecular formula is C15H13F2N3O. The van der Waals surface area contributed by atoms with E-state index in [-0.39, 0.29) is 12.1 Å². The maximum atomic E-state index is 13.3. The first-order chi connectivity index (χ1) is 10.2. The lowest BCUT2D eigenvalue weighted by molar-refractivity contribution is -0.119. The molecule has 0 radical (unpaired) electrons. The molecule has 1 amide bonds. The van der Waals surface area contributed by atoms with Gasteiger partial charge in [0.15, 0.2) is 0 Å². The number of anilines is 1. The number of hydrogen-bond acceptors (Lipinski definition) is 3. The molecule has 0 atom stereocenters. The Labute approximate surface area is 120 Å². The van der Waals surface area contributed by atoms with E-state index in [9.17, 15) is 13.6 Å². The molecule has 0 bridgehead atoms. The minimum absolute atomic E-state index is 0.00110. The highest BCUT2D eigenvalue weighted by atomic mass is 19.1. The summed E-state index contributed by atoms with van der Waals surface area (Å²) in [6.45, 7) is 0.00110. The van der Waals surface area contributed by atoms with Crippen molar-refractivity contribution in [3.05, 3.63) is 65.7 Å². The van der Waals surface area contributed by atoms with Crippen LogP contribution in [0.2, 0.25) is 0 Å². The Hall–Kier alpha value is -2.76. The van der Waals surface area contributed by atoms with Gasteiger partial charge in [-0.1, -0.05) is 24.3 Å². The summed E-state index contributed by atoms with van der Waals surface area (Å²) in [7, 11) is 0. The first kappa shape index (κ1) is 14.6. The van der Waals surface area contributed by atoms with Gasteiger partial charge < -0.3 is 5.32 Å². The normalized spacial score (nSPS) is 10.6. The molecule has 0 unspecified atom stereocenters. The predicted octanol–water partition coefficient (Wildman–Crippen LogP) is 2.53. The first-order valence-electron chi connectivity index (χ1n) is 6.21. The van der Waals surface area contributed by atoms with Gasteiger partial charge in [0.1, 0.15) is 11.6 Å². The summed E-state index contributed by atoms with van der Waals surface area (Å²) in [5, 5.41) is 6.41. The van der Waals surface area contributed by atoms with Crippen molar-refractivity contribution in [3.8, 4) is 0 Å². The lowest BCUT2D eigenvalue weighted by Gasteiger charge is -2.04. The molecule has 0 aliphatic rings. The van der Waals surface area contributed by atoms with E-state index in [0.29, 0.717) is 0 Å². The number of nitrogens with one attached hydrogen (secondary N) is 2. The topological polar surface area (TPSA) is 53.5 Å². The second-order valence-electron chi connectivity index (χ2n) is 4.15. The zero-order valence-electron chi connectivity index (χ0n) is 11.0. The van der Waals surface area contributed by atoms with Crippen LogP contribution >= 0.6 is 0 Å². The third kappa shape index (κ3) is 4.38. The standard InChI is InChI=1S/C15H13F2N3O/c16-13-7-4-8-14(17)12(13)9-19-20-15(21)10-18-11-5-2-1-3-6-11/h1-9,18H,10H2,(H,20,21)/b19-9+. The van der Waals surface area contributed by atoms with E-state index in [1.807, 2.05) is 30.3 Å². The van der Waals surface area contributed by atoms with Gasteiger partial charge in [-0.15, -0.1) is 0 Å². The molecule has 0 heterocycles. The number of benzene rings is 2. The van der Waals surface area contributed by atoms with E-state index in [1.54, 1.807) is 0 Å². The number of nitrogens with zero attached hydrogens (tertiary/aromatic N) is 1. The van der Waals surface area contributed by atoms with Gasteiger partial charge in [-0.2, -0.15) is 5.10 Å². The number of hydrogen-bond donors (Lipinski definition) is 2. The largest absolute Gasteiger partial charge is 0.376 e. The average Bonchev–Trinajstić information content (AvgIpc) is 2.49. The van der Waals surface area contributed by atoms with Crippen LogP contribution in [0.1, 0.15) is 5.56 Å². The van der Waals surface area contributed by atoms with E-state index in [1.165, 1.54) is 6.07 Å². The number of hydrazone groups is 1. The predicted molar refractivity (Wildman–Crippen MR) is 77.0 cm³/mol. The summed E-state index contributed by atoms with van der Waals surface area (Å²) in [5.41, 5.74) is 2.68. The minimum atomic E-state index is -0.740. The van der Waals surface area contributed by atoms with Crippen molar-refractivity contribution in [2.75, 3.05) is 11.9 Å². The van der Waals surface area contributed by atoms with Crippen molar-refractivity contribution in [2.45, 2.75) is 0 Å². The van der Waals surface area contributed by atoms with E-state index in [2.05, 4.69) is 15.8 Å². The van der Waals surface area contributed by atoms with Crippen molar-refractivity contribution < 1.29 is 13.6 Å². The van der Waals surface area contributed by atoms with Crippen LogP contribution in [-0.4, -0.2) is 18.7 Å². The van der Waals surface area contributed by atoms with Gasteiger partial charge in [0.05, 0.1) is 18.3 Å². The SMILES string of the molecule is O=C(CNc1ccccc1)N/N=C/c1c(F)cccc1F. The molecule has 2 rings (SSSR count). The molecule has 0 fully saturated rings. The Morgan fingerprint density at radius 3 is 2.38 bits per heavy atom. The van der Waals surface area contributed by atoms with Crippen molar-refractivity contribution >= 4 is 17.8 Å². The van der Waals surface area contributed by atoms with Gasteiger partial charge in [-0.05, 0) is 24.3 Å². The van der Waals surface area contributed by atoms with Crippen LogP contribution in [0.5, 0.6) is 0 Å². The fourth-order valence-electron chi connectivity index (χ4n) is 1.58. The van der Waals surface area contributed by atoms with Gasteiger partial charge in [0.25, 0.3) is 5.91 Å². The third-order valence-corrected chi connectivity index (χ3v) is 2.61. The van der Waals surface area contributed by atoms with Gasteiger partial charge in [0.2, 0.25) is 0 Å². The highest BCUT2D eigenvalue weighted by molar-refractivity contribution is 5.84. The Morgan fingerprint density at radius 1 is 1.05 bits per heavy atom. The Bertz CT molecular complexity index is 624. The van der Waals surface area contributed by atoms with Gasteiger partial charge in [-0.3, -0.25) is 4.79 Å². The highest BCUT2D eigenvalue weighted by Gasteiger charge is 2.05. The van der Waals surface area contributed by atoms with E-state index >= 15 is 0 Å². The molecule has 0 saturated heterocycles. The van der Waals surface area contributed by atoms with E-state index < -0.39 is 17.5 Å². The smallest absolute Gasteiger partial charge is 0.259 e. The van der Waals surface area contributed by atoms with Gasteiger partial charge in [0, 0.05) is 5.69 Å². The van der Waals surface area contributed by atoms with Crippen LogP contribution in [0.3, 0.4) is 0 Å². The van der Waals surface area contributed by atoms with E-state index in [4.69, 9.17) is 0 Å². The van der Waals surface area contributed by atoms with Crippen molar-refractivity contribution in [1.82, 2.24) is 5.43 Å². The molecule has 0 saturated carbocycles. The molecule has 0 aromatic heterocycles. The minimum Gasteiger partial charge on any atom is -0.376 e. The summed E-state index contributed by atoms with van der Waals surface area (Å²) < 4.78 is 26.6. The fourth-order valence-corrected chi connectivity index (χ4v) is 1.58. The molecule has 0 aliphatic carbocycles. The molecule has 108 valence electrons. The van der Waals surface area contributed by atoms with Crippen LogP contribution in [-0.2, 0) is 4.79 Å².